The van der Waals surface area contributed by atoms with Gasteiger partial charge in [-0.1, -0.05) is 11.8 Å². The second-order valence-electron chi connectivity index (χ2n) is 6.28. The second-order valence-corrected chi connectivity index (χ2v) is 9.16. The van der Waals surface area contributed by atoms with Gasteiger partial charge in [0.25, 0.3) is 0 Å². The molecule has 0 aliphatic carbocycles. The summed E-state index contributed by atoms with van der Waals surface area (Å²) in [4.78, 5) is 23.0. The highest BCUT2D eigenvalue weighted by Crippen LogP contribution is 2.29. The van der Waals surface area contributed by atoms with Crippen LogP contribution in [0.3, 0.4) is 0 Å². The number of aliphatic hydroxyl groups is 1. The van der Waals surface area contributed by atoms with Crippen LogP contribution in [-0.4, -0.2) is 68.7 Å². The van der Waals surface area contributed by atoms with Crippen LogP contribution in [0.25, 0.3) is 0 Å². The quantitative estimate of drug-likeness (QED) is 0.463. The summed E-state index contributed by atoms with van der Waals surface area (Å²) in [5.74, 6) is -1.86. The maximum atomic E-state index is 12.3. The van der Waals surface area contributed by atoms with Crippen molar-refractivity contribution < 1.29 is 32.6 Å². The molecule has 10 heteroatoms. The lowest BCUT2D eigenvalue weighted by molar-refractivity contribution is -0.255. The Bertz CT molecular complexity index is 766. The third kappa shape index (κ3) is 5.76. The van der Waals surface area contributed by atoms with Gasteiger partial charge in [0.1, 0.15) is 6.10 Å². The molecule has 1 fully saturated rings. The topological polar surface area (TPSA) is 119 Å². The Hall–Kier alpha value is -1.46. The molecule has 0 spiro atoms. The molecule has 8 nitrogen and oxygen atoms in total. The number of carbonyl (C=O) groups excluding carboxylic acids is 2. The van der Waals surface area contributed by atoms with Crippen LogP contribution in [0.4, 0.5) is 0 Å². The number of likely N-dealkylation sites (N-methyl/N-ethyl adjacent to an activating group) is 1. The molecule has 0 amide bonds. The van der Waals surface area contributed by atoms with E-state index in [4.69, 9.17) is 9.47 Å². The molecule has 0 aromatic heterocycles. The van der Waals surface area contributed by atoms with E-state index in [9.17, 15) is 23.1 Å². The fourth-order valence-corrected chi connectivity index (χ4v) is 4.16. The summed E-state index contributed by atoms with van der Waals surface area (Å²) in [6.07, 6.45) is 1.00. The Labute approximate surface area is 162 Å². The summed E-state index contributed by atoms with van der Waals surface area (Å²) in [5.41, 5.74) is 0.910. The largest absolute Gasteiger partial charge is 0.458 e. The Balaban J connectivity index is 2.04. The first-order valence-electron chi connectivity index (χ1n) is 8.29. The molecule has 0 radical (unpaired) electrons. The highest BCUT2D eigenvalue weighted by atomic mass is 32.2. The standard InChI is InChI=1S/C17H23NO7S2/c1-18-15(10-26-11-19)17(21)9-13(7-8-24-17)25-16(20)12-3-5-14(6-4-12)27(2,22)23/h3-6,11,13,15,18,21H,7-10H2,1-2H3. The number of hydrogen-bond donors (Lipinski definition) is 2. The molecular formula is C17H23NO7S2. The number of esters is 1. The highest BCUT2D eigenvalue weighted by molar-refractivity contribution is 8.11. The number of sulfone groups is 1. The number of benzene rings is 1. The van der Waals surface area contributed by atoms with E-state index in [0.717, 1.165) is 18.0 Å². The van der Waals surface area contributed by atoms with Crippen LogP contribution in [0, 0.1) is 0 Å². The zero-order valence-electron chi connectivity index (χ0n) is 15.1. The van der Waals surface area contributed by atoms with Crippen LogP contribution < -0.4 is 5.32 Å². The number of nitrogens with one attached hydrogen (secondary N) is 1. The summed E-state index contributed by atoms with van der Waals surface area (Å²) in [6, 6.07) is 4.96. The summed E-state index contributed by atoms with van der Waals surface area (Å²) in [7, 11) is -1.69. The lowest BCUT2D eigenvalue weighted by Gasteiger charge is -2.41. The predicted molar refractivity (Wildman–Crippen MR) is 101 cm³/mol. The van der Waals surface area contributed by atoms with Crippen LogP contribution >= 0.6 is 11.8 Å². The number of ether oxygens (including phenoxy) is 2. The van der Waals surface area contributed by atoms with Crippen molar-refractivity contribution in [3.8, 4) is 0 Å². The van der Waals surface area contributed by atoms with E-state index in [1.807, 2.05) is 0 Å². The molecule has 1 aliphatic heterocycles. The fourth-order valence-electron chi connectivity index (χ4n) is 2.83. The van der Waals surface area contributed by atoms with Crippen LogP contribution in [-0.2, 0) is 24.1 Å². The molecule has 150 valence electrons. The Morgan fingerprint density at radius 2 is 2.15 bits per heavy atom. The Kier molecular flexibility index (Phi) is 7.40. The van der Waals surface area contributed by atoms with Gasteiger partial charge in [-0.3, -0.25) is 4.79 Å². The molecule has 3 atom stereocenters. The Morgan fingerprint density at radius 1 is 1.48 bits per heavy atom. The van der Waals surface area contributed by atoms with Crippen molar-refractivity contribution in [1.82, 2.24) is 5.32 Å². The van der Waals surface area contributed by atoms with Gasteiger partial charge in [-0.2, -0.15) is 0 Å². The zero-order chi connectivity index (χ0) is 20.1. The van der Waals surface area contributed by atoms with E-state index in [-0.39, 0.29) is 23.5 Å². The molecule has 0 saturated carbocycles. The number of thioether (sulfide) groups is 1. The summed E-state index contributed by atoms with van der Waals surface area (Å²) >= 11 is 1.01. The smallest absolute Gasteiger partial charge is 0.338 e. The molecule has 1 heterocycles. The molecule has 1 aromatic rings. The number of carbonyl (C=O) groups is 2. The van der Waals surface area contributed by atoms with Gasteiger partial charge in [0, 0.05) is 24.9 Å². The third-order valence-electron chi connectivity index (χ3n) is 4.33. The van der Waals surface area contributed by atoms with E-state index in [2.05, 4.69) is 5.32 Å². The van der Waals surface area contributed by atoms with Gasteiger partial charge < -0.3 is 19.9 Å². The number of hydrogen-bond acceptors (Lipinski definition) is 9. The van der Waals surface area contributed by atoms with E-state index in [0.29, 0.717) is 17.8 Å². The van der Waals surface area contributed by atoms with Crippen molar-refractivity contribution in [2.24, 2.45) is 0 Å². The first kappa shape index (κ1) is 21.8. The van der Waals surface area contributed by atoms with Crippen LogP contribution in [0.15, 0.2) is 29.2 Å². The minimum atomic E-state index is -3.34. The third-order valence-corrected chi connectivity index (χ3v) is 6.12. The first-order chi connectivity index (χ1) is 12.7. The van der Waals surface area contributed by atoms with Crippen molar-refractivity contribution in [3.05, 3.63) is 29.8 Å². The summed E-state index contributed by atoms with van der Waals surface area (Å²) in [5, 5.41) is 13.7. The van der Waals surface area contributed by atoms with Gasteiger partial charge in [0.2, 0.25) is 0 Å². The van der Waals surface area contributed by atoms with Crippen molar-refractivity contribution >= 4 is 33.2 Å². The van der Waals surface area contributed by atoms with Gasteiger partial charge in [-0.05, 0) is 31.3 Å². The fraction of sp³-hybridized carbons (Fsp3) is 0.529. The average molecular weight is 418 g/mol. The summed E-state index contributed by atoms with van der Waals surface area (Å²) in [6.45, 7) is 0.200. The minimum Gasteiger partial charge on any atom is -0.458 e. The van der Waals surface area contributed by atoms with Crippen LogP contribution in [0.1, 0.15) is 23.2 Å². The number of rotatable bonds is 8. The molecule has 0 bridgehead atoms. The van der Waals surface area contributed by atoms with E-state index < -0.39 is 33.7 Å². The van der Waals surface area contributed by atoms with Crippen molar-refractivity contribution in [3.63, 3.8) is 0 Å². The van der Waals surface area contributed by atoms with Gasteiger partial charge in [0.15, 0.2) is 21.2 Å². The molecular weight excluding hydrogens is 394 g/mol. The Morgan fingerprint density at radius 3 is 2.70 bits per heavy atom. The van der Waals surface area contributed by atoms with Gasteiger partial charge in [0.05, 0.1) is 23.1 Å². The maximum absolute atomic E-state index is 12.3. The van der Waals surface area contributed by atoms with E-state index in [1.165, 1.54) is 24.3 Å². The molecule has 3 unspecified atom stereocenters. The van der Waals surface area contributed by atoms with Crippen molar-refractivity contribution in [1.29, 1.82) is 0 Å². The molecule has 1 aliphatic rings. The van der Waals surface area contributed by atoms with E-state index >= 15 is 0 Å². The van der Waals surface area contributed by atoms with E-state index in [1.54, 1.807) is 7.05 Å². The van der Waals surface area contributed by atoms with Gasteiger partial charge in [-0.25, -0.2) is 13.2 Å². The minimum absolute atomic E-state index is 0.0606. The lowest BCUT2D eigenvalue weighted by atomic mass is 9.96. The highest BCUT2D eigenvalue weighted by Gasteiger charge is 2.43. The van der Waals surface area contributed by atoms with Crippen molar-refractivity contribution in [2.75, 3.05) is 25.7 Å². The SMILES string of the molecule is CNC(CSC=O)C1(O)CC(OC(=O)c2ccc(S(C)(=O)=O)cc2)CCO1. The van der Waals surface area contributed by atoms with Gasteiger partial charge >= 0.3 is 5.97 Å². The van der Waals surface area contributed by atoms with Crippen LogP contribution in [0.2, 0.25) is 0 Å². The lowest BCUT2D eigenvalue weighted by Crippen LogP contribution is -2.57. The molecule has 1 saturated heterocycles. The average Bonchev–Trinajstić information content (AvgIpc) is 2.61. The molecule has 27 heavy (non-hydrogen) atoms. The summed E-state index contributed by atoms with van der Waals surface area (Å²) < 4.78 is 33.9. The zero-order valence-corrected chi connectivity index (χ0v) is 16.7. The maximum Gasteiger partial charge on any atom is 0.338 e. The molecule has 2 N–H and O–H groups in total. The predicted octanol–water partition coefficient (Wildman–Crippen LogP) is 0.626. The van der Waals surface area contributed by atoms with Crippen LogP contribution in [0.5, 0.6) is 0 Å². The van der Waals surface area contributed by atoms with Gasteiger partial charge in [-0.15, -0.1) is 0 Å². The first-order valence-corrected chi connectivity index (χ1v) is 11.2. The second kappa shape index (κ2) is 9.16. The molecule has 1 aromatic carbocycles. The normalized spacial score (nSPS) is 24.2. The van der Waals surface area contributed by atoms with Crippen molar-refractivity contribution in [2.45, 2.75) is 35.7 Å². The molecule has 2 rings (SSSR count). The monoisotopic (exact) mass is 417 g/mol.